The summed E-state index contributed by atoms with van der Waals surface area (Å²) in [5.74, 6) is 0.152. The lowest BCUT2D eigenvalue weighted by Gasteiger charge is -2.34. The van der Waals surface area contributed by atoms with Gasteiger partial charge in [0.2, 0.25) is 0 Å². The van der Waals surface area contributed by atoms with Gasteiger partial charge in [-0.3, -0.25) is 9.79 Å². The standard InChI is InChI=1S/C19H27NO3/c1-3-23-17-9-7-16(8-10-17)15(2)20-14-19(13-18(21)22)11-5-4-6-12-19/h7-10H,3-6,11-14H2,1-2H3,(H,21,22). The van der Waals surface area contributed by atoms with Gasteiger partial charge in [-0.25, -0.2) is 0 Å². The van der Waals surface area contributed by atoms with E-state index >= 15 is 0 Å². The molecule has 1 N–H and O–H groups in total. The summed E-state index contributed by atoms with van der Waals surface area (Å²) in [7, 11) is 0. The van der Waals surface area contributed by atoms with E-state index in [1.807, 2.05) is 38.1 Å². The van der Waals surface area contributed by atoms with Crippen LogP contribution in [0.1, 0.15) is 57.9 Å². The number of aliphatic imine (C=N–C) groups is 1. The van der Waals surface area contributed by atoms with Crippen LogP contribution in [0.25, 0.3) is 0 Å². The molecule has 1 aromatic rings. The maximum atomic E-state index is 11.2. The molecule has 0 aromatic heterocycles. The second kappa shape index (κ2) is 8.14. The number of hydrogen-bond acceptors (Lipinski definition) is 3. The van der Waals surface area contributed by atoms with Crippen LogP contribution < -0.4 is 4.74 Å². The minimum absolute atomic E-state index is 0.156. The molecule has 0 amide bonds. The molecule has 0 radical (unpaired) electrons. The fourth-order valence-electron chi connectivity index (χ4n) is 3.35. The Labute approximate surface area is 138 Å². The van der Waals surface area contributed by atoms with Gasteiger partial charge in [0.25, 0.3) is 0 Å². The maximum absolute atomic E-state index is 11.2. The van der Waals surface area contributed by atoms with Gasteiger partial charge in [-0.15, -0.1) is 0 Å². The average molecular weight is 317 g/mol. The fourth-order valence-corrected chi connectivity index (χ4v) is 3.35. The van der Waals surface area contributed by atoms with E-state index in [-0.39, 0.29) is 11.8 Å². The topological polar surface area (TPSA) is 58.9 Å². The largest absolute Gasteiger partial charge is 0.494 e. The molecule has 126 valence electrons. The molecule has 0 spiro atoms. The zero-order valence-electron chi connectivity index (χ0n) is 14.2. The van der Waals surface area contributed by atoms with Gasteiger partial charge in [0.05, 0.1) is 13.0 Å². The highest BCUT2D eigenvalue weighted by molar-refractivity contribution is 5.98. The Morgan fingerprint density at radius 1 is 1.22 bits per heavy atom. The Morgan fingerprint density at radius 3 is 2.43 bits per heavy atom. The van der Waals surface area contributed by atoms with Crippen molar-refractivity contribution in [1.82, 2.24) is 0 Å². The van der Waals surface area contributed by atoms with Crippen molar-refractivity contribution >= 4 is 11.7 Å². The van der Waals surface area contributed by atoms with Crippen LogP contribution in [0.5, 0.6) is 5.75 Å². The van der Waals surface area contributed by atoms with Crippen LogP contribution in [0.2, 0.25) is 0 Å². The van der Waals surface area contributed by atoms with Crippen molar-refractivity contribution in [3.05, 3.63) is 29.8 Å². The van der Waals surface area contributed by atoms with E-state index in [0.717, 1.165) is 42.7 Å². The highest BCUT2D eigenvalue weighted by atomic mass is 16.5. The van der Waals surface area contributed by atoms with Crippen LogP contribution in [-0.2, 0) is 4.79 Å². The molecule has 0 heterocycles. The zero-order chi connectivity index (χ0) is 16.7. The van der Waals surface area contributed by atoms with Crippen molar-refractivity contribution in [3.8, 4) is 5.75 Å². The first-order valence-electron chi connectivity index (χ1n) is 8.51. The van der Waals surface area contributed by atoms with Gasteiger partial charge < -0.3 is 9.84 Å². The number of nitrogens with zero attached hydrogens (tertiary/aromatic N) is 1. The predicted molar refractivity (Wildman–Crippen MR) is 92.5 cm³/mol. The summed E-state index contributed by atoms with van der Waals surface area (Å²) in [6.07, 6.45) is 5.62. The Kier molecular flexibility index (Phi) is 6.20. The summed E-state index contributed by atoms with van der Waals surface area (Å²) in [5.41, 5.74) is 1.87. The van der Waals surface area contributed by atoms with E-state index in [1.54, 1.807) is 0 Å². The van der Waals surface area contributed by atoms with Crippen molar-refractivity contribution in [2.24, 2.45) is 10.4 Å². The van der Waals surface area contributed by atoms with Crippen molar-refractivity contribution < 1.29 is 14.6 Å². The van der Waals surface area contributed by atoms with Crippen LogP contribution in [0, 0.1) is 5.41 Å². The van der Waals surface area contributed by atoms with Gasteiger partial charge in [0, 0.05) is 17.7 Å². The molecule has 1 aliphatic rings. The van der Waals surface area contributed by atoms with Gasteiger partial charge in [-0.2, -0.15) is 0 Å². The van der Waals surface area contributed by atoms with Crippen molar-refractivity contribution in [1.29, 1.82) is 0 Å². The maximum Gasteiger partial charge on any atom is 0.303 e. The molecule has 2 rings (SSSR count). The van der Waals surface area contributed by atoms with E-state index < -0.39 is 5.97 Å². The Bertz CT molecular complexity index is 542. The number of aliphatic carboxylic acids is 1. The van der Waals surface area contributed by atoms with Gasteiger partial charge in [-0.05, 0) is 56.5 Å². The first-order chi connectivity index (χ1) is 11.0. The average Bonchev–Trinajstić information content (AvgIpc) is 2.54. The molecule has 0 unspecified atom stereocenters. The van der Waals surface area contributed by atoms with Crippen LogP contribution in [0.4, 0.5) is 0 Å². The van der Waals surface area contributed by atoms with E-state index in [4.69, 9.17) is 9.73 Å². The van der Waals surface area contributed by atoms with Gasteiger partial charge in [0.1, 0.15) is 5.75 Å². The molecule has 0 saturated heterocycles. The first kappa shape index (κ1) is 17.5. The van der Waals surface area contributed by atoms with E-state index in [0.29, 0.717) is 13.2 Å². The Hall–Kier alpha value is -1.84. The molecule has 1 aromatic carbocycles. The van der Waals surface area contributed by atoms with Crippen molar-refractivity contribution in [2.75, 3.05) is 13.2 Å². The summed E-state index contributed by atoms with van der Waals surface area (Å²) in [6, 6.07) is 7.92. The Morgan fingerprint density at radius 2 is 1.87 bits per heavy atom. The molecule has 4 nitrogen and oxygen atoms in total. The number of carboxylic acids is 1. The molecule has 1 fully saturated rings. The minimum Gasteiger partial charge on any atom is -0.494 e. The van der Waals surface area contributed by atoms with Gasteiger partial charge in [0.15, 0.2) is 0 Å². The number of carbonyl (C=O) groups is 1. The highest BCUT2D eigenvalue weighted by Crippen LogP contribution is 2.39. The summed E-state index contributed by atoms with van der Waals surface area (Å²) >= 11 is 0. The fraction of sp³-hybridized carbons (Fsp3) is 0.579. The molecule has 0 aliphatic heterocycles. The van der Waals surface area contributed by atoms with Crippen LogP contribution >= 0.6 is 0 Å². The number of rotatable bonds is 7. The third kappa shape index (κ3) is 5.08. The number of ether oxygens (including phenoxy) is 1. The Balaban J connectivity index is 2.07. The summed E-state index contributed by atoms with van der Waals surface area (Å²) in [5, 5.41) is 9.23. The first-order valence-corrected chi connectivity index (χ1v) is 8.51. The third-order valence-corrected chi connectivity index (χ3v) is 4.68. The third-order valence-electron chi connectivity index (χ3n) is 4.68. The van der Waals surface area contributed by atoms with Crippen molar-refractivity contribution in [2.45, 2.75) is 52.4 Å². The zero-order valence-corrected chi connectivity index (χ0v) is 14.2. The molecule has 4 heteroatoms. The molecule has 0 bridgehead atoms. The lowest BCUT2D eigenvalue weighted by molar-refractivity contribution is -0.140. The smallest absolute Gasteiger partial charge is 0.303 e. The molecular weight excluding hydrogens is 290 g/mol. The number of carboxylic acid groups (broad SMARTS) is 1. The van der Waals surface area contributed by atoms with Crippen LogP contribution in [0.15, 0.2) is 29.3 Å². The highest BCUT2D eigenvalue weighted by Gasteiger charge is 2.34. The van der Waals surface area contributed by atoms with E-state index in [9.17, 15) is 9.90 Å². The normalized spacial score (nSPS) is 17.7. The number of hydrogen-bond donors (Lipinski definition) is 1. The quantitative estimate of drug-likeness (QED) is 0.762. The summed E-state index contributed by atoms with van der Waals surface area (Å²) in [4.78, 5) is 16.0. The lowest BCUT2D eigenvalue weighted by Crippen LogP contribution is -2.30. The minimum atomic E-state index is -0.708. The second-order valence-electron chi connectivity index (χ2n) is 6.49. The number of benzene rings is 1. The van der Waals surface area contributed by atoms with E-state index in [1.165, 1.54) is 6.42 Å². The monoisotopic (exact) mass is 317 g/mol. The molecule has 1 saturated carbocycles. The van der Waals surface area contributed by atoms with Crippen molar-refractivity contribution in [3.63, 3.8) is 0 Å². The molecule has 1 aliphatic carbocycles. The molecular formula is C19H27NO3. The SMILES string of the molecule is CCOc1ccc(C(C)=NCC2(CC(=O)O)CCCCC2)cc1. The van der Waals surface area contributed by atoms with E-state index in [2.05, 4.69) is 0 Å². The predicted octanol–water partition coefficient (Wildman–Crippen LogP) is 4.32. The van der Waals surface area contributed by atoms with Gasteiger partial charge >= 0.3 is 5.97 Å². The van der Waals surface area contributed by atoms with Crippen LogP contribution in [0.3, 0.4) is 0 Å². The second-order valence-corrected chi connectivity index (χ2v) is 6.49. The lowest BCUT2D eigenvalue weighted by atomic mass is 9.72. The van der Waals surface area contributed by atoms with Gasteiger partial charge in [-0.1, -0.05) is 19.3 Å². The van der Waals surface area contributed by atoms with Crippen LogP contribution in [-0.4, -0.2) is 29.9 Å². The summed E-state index contributed by atoms with van der Waals surface area (Å²) < 4.78 is 5.45. The summed E-state index contributed by atoms with van der Waals surface area (Å²) in [6.45, 7) is 5.22. The molecule has 23 heavy (non-hydrogen) atoms. The molecule has 0 atom stereocenters.